The van der Waals surface area contributed by atoms with Crippen LogP contribution in [0.1, 0.15) is 28.8 Å². The van der Waals surface area contributed by atoms with Crippen molar-refractivity contribution in [3.8, 4) is 0 Å². The maximum atomic E-state index is 12.5. The van der Waals surface area contributed by atoms with Gasteiger partial charge in [-0.2, -0.15) is 0 Å². The van der Waals surface area contributed by atoms with Gasteiger partial charge in [-0.3, -0.25) is 9.59 Å². The first-order valence-corrected chi connectivity index (χ1v) is 8.62. The number of carbonyl (C=O) groups excluding carboxylic acids is 2. The highest BCUT2D eigenvalue weighted by Crippen LogP contribution is 2.21. The van der Waals surface area contributed by atoms with Crippen molar-refractivity contribution in [3.05, 3.63) is 59.7 Å². The lowest BCUT2D eigenvalue weighted by molar-refractivity contribution is -0.120. The molecule has 0 spiro atoms. The first-order valence-electron chi connectivity index (χ1n) is 8.62. The molecule has 2 aromatic carbocycles. The number of piperidine rings is 1. The highest BCUT2D eigenvalue weighted by Gasteiger charge is 2.21. The van der Waals surface area contributed by atoms with E-state index in [-0.39, 0.29) is 17.7 Å². The molecule has 25 heavy (non-hydrogen) atoms. The lowest BCUT2D eigenvalue weighted by atomic mass is 9.97. The maximum absolute atomic E-state index is 12.5. The molecule has 1 aliphatic rings. The zero-order chi connectivity index (χ0) is 17.6. The van der Waals surface area contributed by atoms with Crippen molar-refractivity contribution in [2.75, 3.05) is 23.7 Å². The van der Waals surface area contributed by atoms with Crippen LogP contribution in [0.25, 0.3) is 0 Å². The fraction of sp³-hybridized carbons (Fsp3) is 0.300. The third-order valence-corrected chi connectivity index (χ3v) is 4.50. The lowest BCUT2D eigenvalue weighted by Gasteiger charge is -2.22. The molecular formula is C20H23N3O2. The highest BCUT2D eigenvalue weighted by molar-refractivity contribution is 6.05. The van der Waals surface area contributed by atoms with Crippen LogP contribution in [0, 0.1) is 12.8 Å². The minimum Gasteiger partial charge on any atom is -0.326 e. The third-order valence-electron chi connectivity index (χ3n) is 4.50. The van der Waals surface area contributed by atoms with Gasteiger partial charge in [0.2, 0.25) is 5.91 Å². The smallest absolute Gasteiger partial charge is 0.255 e. The first kappa shape index (κ1) is 17.2. The van der Waals surface area contributed by atoms with Crippen molar-refractivity contribution in [2.24, 2.45) is 5.92 Å². The second-order valence-electron chi connectivity index (χ2n) is 6.36. The Bertz CT molecular complexity index is 753. The summed E-state index contributed by atoms with van der Waals surface area (Å²) in [5.41, 5.74) is 2.91. The number of nitrogens with one attached hydrogen (secondary N) is 3. The van der Waals surface area contributed by atoms with E-state index in [9.17, 15) is 9.59 Å². The van der Waals surface area contributed by atoms with Crippen molar-refractivity contribution in [1.29, 1.82) is 0 Å². The van der Waals surface area contributed by atoms with Crippen LogP contribution >= 0.6 is 0 Å². The second-order valence-corrected chi connectivity index (χ2v) is 6.36. The summed E-state index contributed by atoms with van der Waals surface area (Å²) in [5.74, 6) is -0.128. The van der Waals surface area contributed by atoms with E-state index < -0.39 is 0 Å². The van der Waals surface area contributed by atoms with Gasteiger partial charge in [0.1, 0.15) is 0 Å². The molecule has 1 fully saturated rings. The monoisotopic (exact) mass is 337 g/mol. The van der Waals surface area contributed by atoms with Crippen molar-refractivity contribution in [1.82, 2.24) is 5.32 Å². The molecule has 0 bridgehead atoms. The average molecular weight is 337 g/mol. The minimum absolute atomic E-state index is 0.0300. The van der Waals surface area contributed by atoms with E-state index in [2.05, 4.69) is 16.0 Å². The van der Waals surface area contributed by atoms with Gasteiger partial charge in [0.15, 0.2) is 0 Å². The molecule has 5 heteroatoms. The molecule has 1 saturated heterocycles. The summed E-state index contributed by atoms with van der Waals surface area (Å²) in [6.45, 7) is 3.67. The maximum Gasteiger partial charge on any atom is 0.255 e. The number of benzene rings is 2. The summed E-state index contributed by atoms with van der Waals surface area (Å²) in [5, 5.41) is 9.11. The van der Waals surface area contributed by atoms with Gasteiger partial charge in [0.05, 0.1) is 0 Å². The van der Waals surface area contributed by atoms with Crippen LogP contribution in [0.4, 0.5) is 11.4 Å². The Morgan fingerprint density at radius 1 is 1.00 bits per heavy atom. The number of carbonyl (C=O) groups is 2. The first-order chi connectivity index (χ1) is 12.1. The van der Waals surface area contributed by atoms with Gasteiger partial charge in [-0.15, -0.1) is 0 Å². The molecule has 2 amide bonds. The summed E-state index contributed by atoms with van der Waals surface area (Å²) in [7, 11) is 0. The van der Waals surface area contributed by atoms with E-state index in [1.54, 1.807) is 12.1 Å². The molecule has 0 aliphatic carbocycles. The van der Waals surface area contributed by atoms with E-state index in [0.29, 0.717) is 11.3 Å². The van der Waals surface area contributed by atoms with Gasteiger partial charge in [-0.1, -0.05) is 24.3 Å². The zero-order valence-electron chi connectivity index (χ0n) is 14.3. The Morgan fingerprint density at radius 3 is 2.44 bits per heavy atom. The van der Waals surface area contributed by atoms with Crippen LogP contribution in [0.5, 0.6) is 0 Å². The van der Waals surface area contributed by atoms with E-state index in [1.807, 2.05) is 43.3 Å². The van der Waals surface area contributed by atoms with Crippen LogP contribution in [0.15, 0.2) is 48.5 Å². The third kappa shape index (κ3) is 4.45. The molecule has 0 unspecified atom stereocenters. The quantitative estimate of drug-likeness (QED) is 0.802. The molecule has 1 heterocycles. The van der Waals surface area contributed by atoms with Gasteiger partial charge < -0.3 is 16.0 Å². The number of rotatable bonds is 4. The van der Waals surface area contributed by atoms with E-state index in [0.717, 1.165) is 37.2 Å². The number of amides is 2. The molecular weight excluding hydrogens is 314 g/mol. The van der Waals surface area contributed by atoms with E-state index in [1.165, 1.54) is 0 Å². The molecule has 0 aromatic heterocycles. The van der Waals surface area contributed by atoms with Crippen molar-refractivity contribution in [2.45, 2.75) is 19.8 Å². The second kappa shape index (κ2) is 7.94. The summed E-state index contributed by atoms with van der Waals surface area (Å²) < 4.78 is 0. The lowest BCUT2D eigenvalue weighted by Crippen LogP contribution is -2.34. The summed E-state index contributed by atoms with van der Waals surface area (Å²) in [6.07, 6.45) is 1.69. The van der Waals surface area contributed by atoms with Gasteiger partial charge in [-0.05, 0) is 62.7 Å². The molecule has 1 aliphatic heterocycles. The Labute approximate surface area is 147 Å². The van der Waals surface area contributed by atoms with Crippen LogP contribution in [0.3, 0.4) is 0 Å². The van der Waals surface area contributed by atoms with E-state index >= 15 is 0 Å². The predicted molar refractivity (Wildman–Crippen MR) is 99.8 cm³/mol. The predicted octanol–water partition coefficient (Wildman–Crippen LogP) is 3.19. The molecule has 0 saturated carbocycles. The Balaban J connectivity index is 1.71. The number of anilines is 2. The van der Waals surface area contributed by atoms with Crippen LogP contribution < -0.4 is 16.0 Å². The SMILES string of the molecule is Cc1ccc(C(=O)Nc2ccccc2)cc1NC(=O)C1CCNCC1. The molecule has 130 valence electrons. The molecule has 0 radical (unpaired) electrons. The Hall–Kier alpha value is -2.66. The van der Waals surface area contributed by atoms with Crippen molar-refractivity contribution in [3.63, 3.8) is 0 Å². The molecule has 2 aromatic rings. The average Bonchev–Trinajstić information content (AvgIpc) is 2.65. The number of aryl methyl sites for hydroxylation is 1. The van der Waals surface area contributed by atoms with Crippen LogP contribution in [-0.4, -0.2) is 24.9 Å². The molecule has 3 rings (SSSR count). The standard InChI is InChI=1S/C20H23N3O2/c1-14-7-8-16(20(25)22-17-5-3-2-4-6-17)13-18(14)23-19(24)15-9-11-21-12-10-15/h2-8,13,15,21H,9-12H2,1H3,(H,22,25)(H,23,24). The molecule has 3 N–H and O–H groups in total. The number of hydrogen-bond donors (Lipinski definition) is 3. The van der Waals surface area contributed by atoms with Crippen molar-refractivity contribution >= 4 is 23.2 Å². The molecule has 0 atom stereocenters. The topological polar surface area (TPSA) is 70.2 Å². The number of hydrogen-bond acceptors (Lipinski definition) is 3. The Kier molecular flexibility index (Phi) is 5.46. The normalized spacial score (nSPS) is 14.8. The van der Waals surface area contributed by atoms with Gasteiger partial charge >= 0.3 is 0 Å². The van der Waals surface area contributed by atoms with Crippen LogP contribution in [0.2, 0.25) is 0 Å². The molecule has 5 nitrogen and oxygen atoms in total. The zero-order valence-corrected chi connectivity index (χ0v) is 14.3. The summed E-state index contributed by atoms with van der Waals surface area (Å²) in [6, 6.07) is 14.7. The fourth-order valence-corrected chi connectivity index (χ4v) is 2.94. The fourth-order valence-electron chi connectivity index (χ4n) is 2.94. The summed E-state index contributed by atoms with van der Waals surface area (Å²) >= 11 is 0. The Morgan fingerprint density at radius 2 is 1.72 bits per heavy atom. The van der Waals surface area contributed by atoms with E-state index in [4.69, 9.17) is 0 Å². The van der Waals surface area contributed by atoms with Crippen LogP contribution in [-0.2, 0) is 4.79 Å². The van der Waals surface area contributed by atoms with Gasteiger partial charge in [0.25, 0.3) is 5.91 Å². The largest absolute Gasteiger partial charge is 0.326 e. The van der Waals surface area contributed by atoms with Crippen molar-refractivity contribution < 1.29 is 9.59 Å². The van der Waals surface area contributed by atoms with Gasteiger partial charge in [0, 0.05) is 22.9 Å². The highest BCUT2D eigenvalue weighted by atomic mass is 16.2. The minimum atomic E-state index is -0.191. The van der Waals surface area contributed by atoms with Gasteiger partial charge in [-0.25, -0.2) is 0 Å². The number of para-hydroxylation sites is 1. The summed E-state index contributed by atoms with van der Waals surface area (Å²) in [4.78, 5) is 24.9.